The molecular formula is C23H16FN5O2. The van der Waals surface area contributed by atoms with Crippen LogP contribution in [0.1, 0.15) is 0 Å². The second-order valence-corrected chi connectivity index (χ2v) is 6.96. The van der Waals surface area contributed by atoms with Gasteiger partial charge in [0.25, 0.3) is 5.56 Å². The topological polar surface area (TPSA) is 74.8 Å². The highest BCUT2D eigenvalue weighted by molar-refractivity contribution is 5.79. The minimum Gasteiger partial charge on any atom is -0.457 e. The Hall–Kier alpha value is -4.33. The van der Waals surface area contributed by atoms with E-state index in [4.69, 9.17) is 4.74 Å². The fourth-order valence-corrected chi connectivity index (χ4v) is 3.27. The molecule has 5 rings (SSSR count). The monoisotopic (exact) mass is 413 g/mol. The van der Waals surface area contributed by atoms with Crippen LogP contribution >= 0.6 is 0 Å². The zero-order valence-corrected chi connectivity index (χ0v) is 16.4. The molecule has 2 aromatic carbocycles. The number of hydrogen-bond donors (Lipinski definition) is 0. The van der Waals surface area contributed by atoms with Crippen molar-refractivity contribution in [2.75, 3.05) is 0 Å². The normalized spacial score (nSPS) is 11.0. The molecule has 0 N–H and O–H groups in total. The third-order valence-electron chi connectivity index (χ3n) is 4.80. The second kappa shape index (κ2) is 7.49. The Labute approximate surface area is 176 Å². The van der Waals surface area contributed by atoms with Crippen LogP contribution in [0.15, 0.2) is 84.3 Å². The van der Waals surface area contributed by atoms with Gasteiger partial charge in [-0.25, -0.2) is 9.37 Å². The summed E-state index contributed by atoms with van der Waals surface area (Å²) in [5.41, 5.74) is 2.40. The summed E-state index contributed by atoms with van der Waals surface area (Å²) >= 11 is 0. The maximum atomic E-state index is 13.2. The minimum absolute atomic E-state index is 0.271. The zero-order valence-electron chi connectivity index (χ0n) is 16.4. The first-order chi connectivity index (χ1) is 15.1. The maximum Gasteiger partial charge on any atom is 0.265 e. The van der Waals surface area contributed by atoms with Gasteiger partial charge in [-0.05, 0) is 48.5 Å². The van der Waals surface area contributed by atoms with Gasteiger partial charge in [-0.2, -0.15) is 5.10 Å². The third-order valence-corrected chi connectivity index (χ3v) is 4.80. The number of nitrogens with zero attached hydrogens (tertiary/aromatic N) is 5. The van der Waals surface area contributed by atoms with Crippen LogP contribution in [-0.4, -0.2) is 24.3 Å². The van der Waals surface area contributed by atoms with Gasteiger partial charge in [-0.3, -0.25) is 19.0 Å². The Kier molecular flexibility index (Phi) is 4.51. The number of benzene rings is 2. The molecule has 8 heteroatoms. The lowest BCUT2D eigenvalue weighted by molar-refractivity contribution is 0.483. The van der Waals surface area contributed by atoms with E-state index in [-0.39, 0.29) is 11.4 Å². The average molecular weight is 413 g/mol. The standard InChI is InChI=1S/C23H16FN5O2/c1-28-13-15(12-27-28)22-11-19(8-9-25-22)31-18-6-7-21-20(10-18)23(30)29(14-26-21)17-4-2-16(24)3-5-17/h2-14H,1H3. The first-order valence-electron chi connectivity index (χ1n) is 9.47. The number of ether oxygens (including phenoxy) is 1. The highest BCUT2D eigenvalue weighted by Crippen LogP contribution is 2.27. The Morgan fingerprint density at radius 2 is 1.77 bits per heavy atom. The van der Waals surface area contributed by atoms with E-state index in [9.17, 15) is 9.18 Å². The minimum atomic E-state index is -0.371. The lowest BCUT2D eigenvalue weighted by Crippen LogP contribution is -2.18. The highest BCUT2D eigenvalue weighted by Gasteiger charge is 2.09. The molecule has 0 atom stereocenters. The van der Waals surface area contributed by atoms with E-state index in [0.29, 0.717) is 28.1 Å². The molecule has 3 aromatic heterocycles. The number of fused-ring (bicyclic) bond motifs is 1. The molecule has 0 unspecified atom stereocenters. The fraction of sp³-hybridized carbons (Fsp3) is 0.0435. The van der Waals surface area contributed by atoms with Gasteiger partial charge < -0.3 is 4.74 Å². The molecule has 0 amide bonds. The first-order valence-corrected chi connectivity index (χ1v) is 9.47. The van der Waals surface area contributed by atoms with Gasteiger partial charge >= 0.3 is 0 Å². The Morgan fingerprint density at radius 1 is 0.968 bits per heavy atom. The Balaban J connectivity index is 1.50. The van der Waals surface area contributed by atoms with Crippen molar-refractivity contribution >= 4 is 10.9 Å². The van der Waals surface area contributed by atoms with Crippen LogP contribution in [0.4, 0.5) is 4.39 Å². The molecule has 0 spiro atoms. The van der Waals surface area contributed by atoms with E-state index in [0.717, 1.165) is 11.3 Å². The van der Waals surface area contributed by atoms with E-state index >= 15 is 0 Å². The highest BCUT2D eigenvalue weighted by atomic mass is 19.1. The van der Waals surface area contributed by atoms with Gasteiger partial charge in [-0.15, -0.1) is 0 Å². The van der Waals surface area contributed by atoms with Crippen molar-refractivity contribution in [3.63, 3.8) is 0 Å². The van der Waals surface area contributed by atoms with Crippen LogP contribution in [0.5, 0.6) is 11.5 Å². The number of rotatable bonds is 4. The van der Waals surface area contributed by atoms with Crippen LogP contribution in [0, 0.1) is 5.82 Å². The van der Waals surface area contributed by atoms with E-state index in [1.165, 1.54) is 35.2 Å². The molecule has 0 aliphatic rings. The number of pyridine rings is 1. The van der Waals surface area contributed by atoms with Crippen LogP contribution in [-0.2, 0) is 7.05 Å². The van der Waals surface area contributed by atoms with E-state index in [1.807, 2.05) is 13.2 Å². The van der Waals surface area contributed by atoms with Crippen molar-refractivity contribution in [3.05, 3.63) is 95.7 Å². The van der Waals surface area contributed by atoms with Crippen molar-refractivity contribution in [2.24, 2.45) is 7.05 Å². The molecule has 0 aliphatic carbocycles. The van der Waals surface area contributed by atoms with Gasteiger partial charge in [0.15, 0.2) is 0 Å². The van der Waals surface area contributed by atoms with Crippen LogP contribution in [0.2, 0.25) is 0 Å². The first kappa shape index (κ1) is 18.7. The molecule has 7 nitrogen and oxygen atoms in total. The molecule has 3 heterocycles. The molecule has 5 aromatic rings. The van der Waals surface area contributed by atoms with Crippen molar-refractivity contribution in [2.45, 2.75) is 0 Å². The Bertz CT molecular complexity index is 1460. The van der Waals surface area contributed by atoms with Gasteiger partial charge in [0, 0.05) is 31.1 Å². The van der Waals surface area contributed by atoms with Gasteiger partial charge in [0.1, 0.15) is 23.6 Å². The largest absolute Gasteiger partial charge is 0.457 e. The van der Waals surface area contributed by atoms with Gasteiger partial charge in [0.05, 0.1) is 28.5 Å². The van der Waals surface area contributed by atoms with E-state index in [1.54, 1.807) is 47.4 Å². The number of halogens is 1. The number of aryl methyl sites for hydroxylation is 1. The summed E-state index contributed by atoms with van der Waals surface area (Å²) in [4.78, 5) is 21.7. The molecule has 0 aliphatic heterocycles. The second-order valence-electron chi connectivity index (χ2n) is 6.96. The SMILES string of the molecule is Cn1cc(-c2cc(Oc3ccc4ncn(-c5ccc(F)cc5)c(=O)c4c3)ccn2)cn1. The van der Waals surface area contributed by atoms with Gasteiger partial charge in [0.2, 0.25) is 0 Å². The lowest BCUT2D eigenvalue weighted by atomic mass is 10.2. The summed E-state index contributed by atoms with van der Waals surface area (Å²) in [6, 6.07) is 14.3. The molecule has 0 saturated carbocycles. The summed E-state index contributed by atoms with van der Waals surface area (Å²) in [7, 11) is 1.84. The average Bonchev–Trinajstić information content (AvgIpc) is 3.22. The molecule has 0 fully saturated rings. The summed E-state index contributed by atoms with van der Waals surface area (Å²) in [6.45, 7) is 0. The van der Waals surface area contributed by atoms with Crippen LogP contribution in [0.3, 0.4) is 0 Å². The van der Waals surface area contributed by atoms with Crippen LogP contribution in [0.25, 0.3) is 27.8 Å². The van der Waals surface area contributed by atoms with Crippen LogP contribution < -0.4 is 10.3 Å². The summed E-state index contributed by atoms with van der Waals surface area (Å²) < 4.78 is 22.3. The van der Waals surface area contributed by atoms with E-state index in [2.05, 4.69) is 15.1 Å². The quantitative estimate of drug-likeness (QED) is 0.443. The van der Waals surface area contributed by atoms with Crippen molar-refractivity contribution < 1.29 is 9.13 Å². The predicted molar refractivity (Wildman–Crippen MR) is 114 cm³/mol. The van der Waals surface area contributed by atoms with E-state index < -0.39 is 0 Å². The predicted octanol–water partition coefficient (Wildman–Crippen LogP) is 4.11. The summed E-state index contributed by atoms with van der Waals surface area (Å²) in [5.74, 6) is 0.701. The number of hydrogen-bond acceptors (Lipinski definition) is 5. The molecule has 31 heavy (non-hydrogen) atoms. The maximum absolute atomic E-state index is 13.2. The smallest absolute Gasteiger partial charge is 0.265 e. The molecule has 0 bridgehead atoms. The lowest BCUT2D eigenvalue weighted by Gasteiger charge is -2.09. The fourth-order valence-electron chi connectivity index (χ4n) is 3.27. The zero-order chi connectivity index (χ0) is 21.4. The third kappa shape index (κ3) is 3.66. The summed E-state index contributed by atoms with van der Waals surface area (Å²) in [5, 5.41) is 4.55. The number of aromatic nitrogens is 5. The Morgan fingerprint density at radius 3 is 2.55 bits per heavy atom. The molecule has 0 radical (unpaired) electrons. The molecular weight excluding hydrogens is 397 g/mol. The van der Waals surface area contributed by atoms with Gasteiger partial charge in [-0.1, -0.05) is 0 Å². The van der Waals surface area contributed by atoms with Crippen molar-refractivity contribution in [1.29, 1.82) is 0 Å². The molecule has 0 saturated heterocycles. The van der Waals surface area contributed by atoms with Crippen molar-refractivity contribution in [1.82, 2.24) is 24.3 Å². The van der Waals surface area contributed by atoms with Crippen molar-refractivity contribution in [3.8, 4) is 28.4 Å². The molecule has 152 valence electrons. The summed E-state index contributed by atoms with van der Waals surface area (Å²) in [6.07, 6.45) is 6.68.